The molecule has 2 amide bonds. The standard InChI is InChI=1S/C25H16Cl3NO5S/c1-33-21-11-14(5-10-20(21)34-24(31)15-6-8-16(26)9-7-15)12-22-23(30)29(25(32)35-22)13-17-18(27)3-2-4-19(17)28/h2-12H,13H2,1H3/b22-12-. The van der Waals surface area contributed by atoms with Gasteiger partial charge in [-0.05, 0) is 71.9 Å². The molecule has 6 nitrogen and oxygen atoms in total. The van der Waals surface area contributed by atoms with Crippen molar-refractivity contribution in [2.24, 2.45) is 0 Å². The SMILES string of the molecule is COc1cc(/C=C2\SC(=O)N(Cc3c(Cl)cccc3Cl)C2=O)ccc1OC(=O)c1ccc(Cl)cc1. The van der Waals surface area contributed by atoms with E-state index in [-0.39, 0.29) is 22.9 Å². The lowest BCUT2D eigenvalue weighted by molar-refractivity contribution is -0.123. The van der Waals surface area contributed by atoms with Crippen molar-refractivity contribution in [3.8, 4) is 11.5 Å². The number of rotatable bonds is 6. The molecule has 0 radical (unpaired) electrons. The Morgan fingerprint density at radius 2 is 1.66 bits per heavy atom. The third-order valence-corrected chi connectivity index (χ3v) is 6.89. The molecule has 0 bridgehead atoms. The van der Waals surface area contributed by atoms with E-state index < -0.39 is 17.1 Å². The predicted molar refractivity (Wildman–Crippen MR) is 137 cm³/mol. The minimum Gasteiger partial charge on any atom is -0.493 e. The van der Waals surface area contributed by atoms with Gasteiger partial charge in [-0.1, -0.05) is 46.9 Å². The predicted octanol–water partition coefficient (Wildman–Crippen LogP) is 7.11. The fourth-order valence-corrected chi connectivity index (χ4v) is 4.71. The van der Waals surface area contributed by atoms with E-state index in [1.165, 1.54) is 7.11 Å². The summed E-state index contributed by atoms with van der Waals surface area (Å²) in [5.74, 6) is -0.561. The van der Waals surface area contributed by atoms with Gasteiger partial charge in [-0.25, -0.2) is 4.79 Å². The Labute approximate surface area is 220 Å². The molecule has 0 spiro atoms. The molecule has 10 heteroatoms. The van der Waals surface area contributed by atoms with Crippen LogP contribution in [0.2, 0.25) is 15.1 Å². The van der Waals surface area contributed by atoms with E-state index in [0.717, 1.165) is 16.7 Å². The van der Waals surface area contributed by atoms with Gasteiger partial charge >= 0.3 is 5.97 Å². The highest BCUT2D eigenvalue weighted by molar-refractivity contribution is 8.18. The summed E-state index contributed by atoms with van der Waals surface area (Å²) in [5, 5.41) is 0.809. The average Bonchev–Trinajstić information content (AvgIpc) is 3.09. The number of carbonyl (C=O) groups is 3. The number of nitrogens with zero attached hydrogens (tertiary/aromatic N) is 1. The van der Waals surface area contributed by atoms with E-state index in [0.29, 0.717) is 31.8 Å². The number of amides is 2. The van der Waals surface area contributed by atoms with Crippen LogP contribution < -0.4 is 9.47 Å². The summed E-state index contributed by atoms with van der Waals surface area (Å²) >= 11 is 19.0. The second kappa shape index (κ2) is 10.7. The fourth-order valence-electron chi connectivity index (χ4n) is 3.23. The van der Waals surface area contributed by atoms with E-state index >= 15 is 0 Å². The van der Waals surface area contributed by atoms with Gasteiger partial charge in [0.25, 0.3) is 11.1 Å². The Hall–Kier alpha value is -2.97. The van der Waals surface area contributed by atoms with Crippen molar-refractivity contribution in [3.05, 3.63) is 97.3 Å². The molecule has 0 saturated carbocycles. The lowest BCUT2D eigenvalue weighted by atomic mass is 10.1. The van der Waals surface area contributed by atoms with E-state index in [1.807, 2.05) is 0 Å². The number of halogens is 3. The number of ether oxygens (including phenoxy) is 2. The summed E-state index contributed by atoms with van der Waals surface area (Å²) < 4.78 is 10.8. The Balaban J connectivity index is 1.53. The molecule has 178 valence electrons. The molecule has 0 aromatic heterocycles. The number of imide groups is 1. The minimum atomic E-state index is -0.577. The van der Waals surface area contributed by atoms with Crippen molar-refractivity contribution in [2.75, 3.05) is 7.11 Å². The van der Waals surface area contributed by atoms with Crippen molar-refractivity contribution in [1.82, 2.24) is 4.90 Å². The normalized spacial score (nSPS) is 14.5. The first-order valence-electron chi connectivity index (χ1n) is 10.1. The lowest BCUT2D eigenvalue weighted by Crippen LogP contribution is -2.27. The Kier molecular flexibility index (Phi) is 7.72. The Bertz CT molecular complexity index is 1340. The third-order valence-electron chi connectivity index (χ3n) is 5.02. The number of thioether (sulfide) groups is 1. The van der Waals surface area contributed by atoms with Crippen LogP contribution in [0.1, 0.15) is 21.5 Å². The van der Waals surface area contributed by atoms with Crippen molar-refractivity contribution in [1.29, 1.82) is 0 Å². The smallest absolute Gasteiger partial charge is 0.343 e. The van der Waals surface area contributed by atoms with Crippen molar-refractivity contribution < 1.29 is 23.9 Å². The first-order valence-corrected chi connectivity index (χ1v) is 12.1. The molecule has 1 fully saturated rings. The van der Waals surface area contributed by atoms with Crippen LogP contribution in [-0.2, 0) is 11.3 Å². The molecule has 1 saturated heterocycles. The van der Waals surface area contributed by atoms with Crippen molar-refractivity contribution >= 4 is 69.8 Å². The van der Waals surface area contributed by atoms with Crippen LogP contribution in [0.25, 0.3) is 6.08 Å². The summed E-state index contributed by atoms with van der Waals surface area (Å²) in [4.78, 5) is 39.2. The number of benzene rings is 3. The number of hydrogen-bond acceptors (Lipinski definition) is 6. The van der Waals surface area contributed by atoms with Crippen LogP contribution >= 0.6 is 46.6 Å². The first kappa shape index (κ1) is 25.1. The molecule has 0 unspecified atom stereocenters. The summed E-state index contributed by atoms with van der Waals surface area (Å²) in [7, 11) is 1.43. The van der Waals surface area contributed by atoms with Gasteiger partial charge in [0.05, 0.1) is 24.1 Å². The van der Waals surface area contributed by atoms with Crippen LogP contribution in [0, 0.1) is 0 Å². The molecule has 1 aliphatic rings. The zero-order chi connectivity index (χ0) is 25.1. The topological polar surface area (TPSA) is 72.9 Å². The molecule has 1 heterocycles. The van der Waals surface area contributed by atoms with E-state index in [1.54, 1.807) is 66.7 Å². The quantitative estimate of drug-likeness (QED) is 0.186. The lowest BCUT2D eigenvalue weighted by Gasteiger charge is -2.14. The van der Waals surface area contributed by atoms with E-state index in [2.05, 4.69) is 0 Å². The summed E-state index contributed by atoms with van der Waals surface area (Å²) in [6.45, 7) is -0.0383. The molecule has 0 atom stereocenters. The molecular formula is C25H16Cl3NO5S. The van der Waals surface area contributed by atoms with E-state index in [9.17, 15) is 14.4 Å². The fraction of sp³-hybridized carbons (Fsp3) is 0.0800. The number of esters is 1. The van der Waals surface area contributed by atoms with Gasteiger partial charge in [-0.15, -0.1) is 0 Å². The summed E-state index contributed by atoms with van der Waals surface area (Å²) in [6, 6.07) is 16.1. The highest BCUT2D eigenvalue weighted by Gasteiger charge is 2.35. The molecule has 4 rings (SSSR count). The van der Waals surface area contributed by atoms with Gasteiger partial charge < -0.3 is 9.47 Å². The Morgan fingerprint density at radius 3 is 2.31 bits per heavy atom. The second-order valence-electron chi connectivity index (χ2n) is 7.27. The van der Waals surface area contributed by atoms with Gasteiger partial charge in [0, 0.05) is 20.6 Å². The molecule has 1 aliphatic heterocycles. The summed E-state index contributed by atoms with van der Waals surface area (Å²) in [6.07, 6.45) is 1.56. The molecule has 3 aromatic rings. The monoisotopic (exact) mass is 547 g/mol. The largest absolute Gasteiger partial charge is 0.493 e. The van der Waals surface area contributed by atoms with Crippen molar-refractivity contribution in [3.63, 3.8) is 0 Å². The van der Waals surface area contributed by atoms with Crippen LogP contribution in [0.5, 0.6) is 11.5 Å². The van der Waals surface area contributed by atoms with Gasteiger partial charge in [-0.2, -0.15) is 0 Å². The zero-order valence-electron chi connectivity index (χ0n) is 18.1. The van der Waals surface area contributed by atoms with Crippen LogP contribution in [0.15, 0.2) is 65.6 Å². The molecule has 3 aromatic carbocycles. The van der Waals surface area contributed by atoms with Crippen LogP contribution in [-0.4, -0.2) is 29.1 Å². The third kappa shape index (κ3) is 5.65. The minimum absolute atomic E-state index is 0.0383. The molecule has 0 N–H and O–H groups in total. The van der Waals surface area contributed by atoms with Crippen LogP contribution in [0.4, 0.5) is 4.79 Å². The average molecular weight is 549 g/mol. The molecule has 0 aliphatic carbocycles. The second-order valence-corrected chi connectivity index (χ2v) is 9.52. The maximum Gasteiger partial charge on any atom is 0.343 e. The Morgan fingerprint density at radius 1 is 0.971 bits per heavy atom. The van der Waals surface area contributed by atoms with Gasteiger partial charge in [0.1, 0.15) is 0 Å². The number of methoxy groups -OCH3 is 1. The maximum absolute atomic E-state index is 12.9. The first-order chi connectivity index (χ1) is 16.8. The summed E-state index contributed by atoms with van der Waals surface area (Å²) in [5.41, 5.74) is 1.40. The van der Waals surface area contributed by atoms with Gasteiger partial charge in [0.2, 0.25) is 0 Å². The van der Waals surface area contributed by atoms with E-state index in [4.69, 9.17) is 44.3 Å². The van der Waals surface area contributed by atoms with Crippen LogP contribution in [0.3, 0.4) is 0 Å². The molecule has 35 heavy (non-hydrogen) atoms. The van der Waals surface area contributed by atoms with Gasteiger partial charge in [0.15, 0.2) is 11.5 Å². The number of hydrogen-bond donors (Lipinski definition) is 0. The number of carbonyl (C=O) groups excluding carboxylic acids is 3. The zero-order valence-corrected chi connectivity index (χ0v) is 21.2. The maximum atomic E-state index is 12.9. The molecular weight excluding hydrogens is 533 g/mol. The van der Waals surface area contributed by atoms with Crippen molar-refractivity contribution in [2.45, 2.75) is 6.54 Å². The van der Waals surface area contributed by atoms with Gasteiger partial charge in [-0.3, -0.25) is 14.5 Å². The highest BCUT2D eigenvalue weighted by Crippen LogP contribution is 2.37. The highest BCUT2D eigenvalue weighted by atomic mass is 35.5.